The van der Waals surface area contributed by atoms with E-state index in [1.54, 1.807) is 11.0 Å². The van der Waals surface area contributed by atoms with Crippen LogP contribution in [0.25, 0.3) is 0 Å². The van der Waals surface area contributed by atoms with Crippen molar-refractivity contribution in [1.29, 1.82) is 0 Å². The van der Waals surface area contributed by atoms with Crippen LogP contribution in [0.2, 0.25) is 0 Å². The highest BCUT2D eigenvalue weighted by molar-refractivity contribution is 5.94. The fourth-order valence-electron chi connectivity index (χ4n) is 4.65. The number of halogens is 3. The van der Waals surface area contributed by atoms with Crippen LogP contribution in [0.15, 0.2) is 18.2 Å². The van der Waals surface area contributed by atoms with Gasteiger partial charge in [0.15, 0.2) is 0 Å². The molecule has 0 radical (unpaired) electrons. The van der Waals surface area contributed by atoms with Gasteiger partial charge in [-0.1, -0.05) is 20.8 Å². The maximum absolute atomic E-state index is 13.2. The molecule has 5 nitrogen and oxygen atoms in total. The molecule has 2 aliphatic rings. The lowest BCUT2D eigenvalue weighted by molar-refractivity contribution is -0.222. The Morgan fingerprint density at radius 3 is 2.36 bits per heavy atom. The van der Waals surface area contributed by atoms with Crippen LogP contribution in [0, 0.1) is 12.3 Å². The molecule has 2 heterocycles. The molecule has 1 aromatic carbocycles. The van der Waals surface area contributed by atoms with Crippen LogP contribution in [0.3, 0.4) is 0 Å². The number of aryl methyl sites for hydroxylation is 1. The van der Waals surface area contributed by atoms with E-state index in [0.29, 0.717) is 31.5 Å². The summed E-state index contributed by atoms with van der Waals surface area (Å²) >= 11 is 0. The maximum atomic E-state index is 13.2. The number of ether oxygens (including phenoxy) is 2. The summed E-state index contributed by atoms with van der Waals surface area (Å²) in [7, 11) is 0. The molecule has 1 aromatic rings. The maximum Gasteiger partial charge on any atom is 0.401 e. The Morgan fingerprint density at radius 2 is 1.85 bits per heavy atom. The van der Waals surface area contributed by atoms with Gasteiger partial charge in [0.2, 0.25) is 0 Å². The number of carbonyl (C=O) groups excluding carboxylic acids is 1. The molecule has 2 aliphatic heterocycles. The van der Waals surface area contributed by atoms with E-state index >= 15 is 0 Å². The summed E-state index contributed by atoms with van der Waals surface area (Å²) in [6.45, 7) is 12.3. The van der Waals surface area contributed by atoms with E-state index in [9.17, 15) is 18.0 Å². The summed E-state index contributed by atoms with van der Waals surface area (Å²) in [4.78, 5) is 16.4. The number of morpholine rings is 1. The van der Waals surface area contributed by atoms with Crippen molar-refractivity contribution in [3.05, 3.63) is 29.3 Å². The Balaban J connectivity index is 1.70. The Labute approximate surface area is 195 Å². The number of piperidine rings is 1. The molecule has 33 heavy (non-hydrogen) atoms. The minimum atomic E-state index is -4.25. The van der Waals surface area contributed by atoms with Crippen molar-refractivity contribution in [1.82, 2.24) is 9.80 Å². The quantitative estimate of drug-likeness (QED) is 0.617. The molecular weight excluding hydrogens is 433 g/mol. The van der Waals surface area contributed by atoms with Crippen molar-refractivity contribution in [2.75, 3.05) is 32.7 Å². The van der Waals surface area contributed by atoms with Crippen LogP contribution in [0.1, 0.15) is 63.4 Å². The molecule has 1 amide bonds. The number of amides is 1. The van der Waals surface area contributed by atoms with Crippen LogP contribution in [0.4, 0.5) is 13.2 Å². The lowest BCUT2D eigenvalue weighted by Gasteiger charge is -2.52. The molecule has 8 heteroatoms. The van der Waals surface area contributed by atoms with Gasteiger partial charge in [0.05, 0.1) is 24.4 Å². The van der Waals surface area contributed by atoms with E-state index in [1.165, 1.54) is 4.90 Å². The van der Waals surface area contributed by atoms with Crippen molar-refractivity contribution in [2.24, 2.45) is 5.41 Å². The first-order valence-electron chi connectivity index (χ1n) is 11.7. The average molecular weight is 471 g/mol. The van der Waals surface area contributed by atoms with E-state index in [0.717, 1.165) is 11.3 Å². The number of hydrogen-bond acceptors (Lipinski definition) is 4. The van der Waals surface area contributed by atoms with Crippen molar-refractivity contribution >= 4 is 5.91 Å². The number of nitrogens with zero attached hydrogens (tertiary/aromatic N) is 2. The first-order chi connectivity index (χ1) is 15.2. The van der Waals surface area contributed by atoms with E-state index in [4.69, 9.17) is 9.47 Å². The van der Waals surface area contributed by atoms with E-state index in [1.807, 2.05) is 53.7 Å². The zero-order chi connectivity index (χ0) is 24.6. The van der Waals surface area contributed by atoms with Crippen LogP contribution >= 0.6 is 0 Å². The fraction of sp³-hybridized carbons (Fsp3) is 0.720. The number of rotatable bonds is 4. The van der Waals surface area contributed by atoms with Crippen LogP contribution in [-0.2, 0) is 4.74 Å². The standard InChI is InChI=1S/C25H37F3N2O3/c1-17(2)32-20-8-7-19(13-18(20)3)22(31)30-11-9-24(10-12-30)15-29(16-25(26,27)28)14-21(33-24)23(4,5)6/h7-8,13,17,21H,9-12,14-16H2,1-6H3. The third-order valence-corrected chi connectivity index (χ3v) is 6.44. The normalized spacial score (nSPS) is 22.1. The summed E-state index contributed by atoms with van der Waals surface area (Å²) in [6, 6.07) is 5.43. The van der Waals surface area contributed by atoms with Gasteiger partial charge in [0, 0.05) is 31.7 Å². The largest absolute Gasteiger partial charge is 0.491 e. The van der Waals surface area contributed by atoms with Gasteiger partial charge >= 0.3 is 6.18 Å². The SMILES string of the molecule is Cc1cc(C(=O)N2CCC3(CC2)CN(CC(F)(F)F)CC(C(C)(C)C)O3)ccc1OC(C)C. The second kappa shape index (κ2) is 9.45. The topological polar surface area (TPSA) is 42.0 Å². The van der Waals surface area contributed by atoms with Gasteiger partial charge in [-0.05, 0) is 62.8 Å². The highest BCUT2D eigenvalue weighted by atomic mass is 19.4. The number of carbonyl (C=O) groups is 1. The minimum absolute atomic E-state index is 0.0489. The average Bonchev–Trinajstić information content (AvgIpc) is 2.67. The second-order valence-electron chi connectivity index (χ2n) is 10.9. The highest BCUT2D eigenvalue weighted by Crippen LogP contribution is 2.39. The Hall–Kier alpha value is -1.80. The van der Waals surface area contributed by atoms with Crippen LogP contribution < -0.4 is 4.74 Å². The van der Waals surface area contributed by atoms with Crippen LogP contribution in [-0.4, -0.2) is 72.4 Å². The van der Waals surface area contributed by atoms with Crippen molar-refractivity contribution in [3.8, 4) is 5.75 Å². The Kier molecular flexibility index (Phi) is 7.39. The summed E-state index contributed by atoms with van der Waals surface area (Å²) in [5.74, 6) is 0.687. The van der Waals surface area contributed by atoms with Crippen molar-refractivity contribution in [3.63, 3.8) is 0 Å². The minimum Gasteiger partial charge on any atom is -0.491 e. The van der Waals surface area contributed by atoms with E-state index in [-0.39, 0.29) is 36.6 Å². The third-order valence-electron chi connectivity index (χ3n) is 6.44. The van der Waals surface area contributed by atoms with Gasteiger partial charge < -0.3 is 14.4 Å². The molecule has 0 saturated carbocycles. The molecule has 0 bridgehead atoms. The number of likely N-dealkylation sites (tertiary alicyclic amines) is 1. The summed E-state index contributed by atoms with van der Waals surface area (Å²) in [5.41, 5.74) is 0.551. The number of hydrogen-bond donors (Lipinski definition) is 0. The second-order valence-corrected chi connectivity index (χ2v) is 10.9. The highest BCUT2D eigenvalue weighted by Gasteiger charge is 2.48. The zero-order valence-electron chi connectivity index (χ0n) is 20.6. The van der Waals surface area contributed by atoms with Gasteiger partial charge in [-0.15, -0.1) is 0 Å². The third kappa shape index (κ3) is 6.63. The molecule has 2 fully saturated rings. The first kappa shape index (κ1) is 25.8. The van der Waals surface area contributed by atoms with Gasteiger partial charge in [-0.2, -0.15) is 13.2 Å². The smallest absolute Gasteiger partial charge is 0.401 e. The van der Waals surface area contributed by atoms with Gasteiger partial charge in [0.25, 0.3) is 5.91 Å². The Morgan fingerprint density at radius 1 is 1.21 bits per heavy atom. The lowest BCUT2D eigenvalue weighted by Crippen LogP contribution is -2.63. The number of alkyl halides is 3. The van der Waals surface area contributed by atoms with Gasteiger partial charge in [0.1, 0.15) is 5.75 Å². The van der Waals surface area contributed by atoms with E-state index in [2.05, 4.69) is 0 Å². The fourth-order valence-corrected chi connectivity index (χ4v) is 4.65. The number of benzene rings is 1. The van der Waals surface area contributed by atoms with E-state index < -0.39 is 18.3 Å². The summed E-state index contributed by atoms with van der Waals surface area (Å²) in [5, 5.41) is 0. The molecule has 1 spiro atoms. The van der Waals surface area contributed by atoms with Gasteiger partial charge in [-0.3, -0.25) is 9.69 Å². The molecule has 1 atom stereocenters. The first-order valence-corrected chi connectivity index (χ1v) is 11.7. The zero-order valence-corrected chi connectivity index (χ0v) is 20.6. The molecule has 186 valence electrons. The monoisotopic (exact) mass is 470 g/mol. The molecule has 3 rings (SSSR count). The molecule has 0 aliphatic carbocycles. The van der Waals surface area contributed by atoms with Crippen LogP contribution in [0.5, 0.6) is 5.75 Å². The van der Waals surface area contributed by atoms with Crippen molar-refractivity contribution in [2.45, 2.75) is 78.4 Å². The summed E-state index contributed by atoms with van der Waals surface area (Å²) in [6.07, 6.45) is -3.46. The molecular formula is C25H37F3N2O3. The Bertz CT molecular complexity index is 840. The molecule has 2 saturated heterocycles. The predicted octanol–water partition coefficient (Wildman–Crippen LogP) is 5.07. The molecule has 0 N–H and O–H groups in total. The lowest BCUT2D eigenvalue weighted by atomic mass is 9.82. The van der Waals surface area contributed by atoms with Gasteiger partial charge in [-0.25, -0.2) is 0 Å². The summed E-state index contributed by atoms with van der Waals surface area (Å²) < 4.78 is 51.7. The molecule has 0 aromatic heterocycles. The molecule has 1 unspecified atom stereocenters. The predicted molar refractivity (Wildman–Crippen MR) is 122 cm³/mol. The van der Waals surface area contributed by atoms with Crippen molar-refractivity contribution < 1.29 is 27.4 Å².